The van der Waals surface area contributed by atoms with Crippen molar-refractivity contribution in [3.63, 3.8) is 0 Å². The summed E-state index contributed by atoms with van der Waals surface area (Å²) < 4.78 is 19.4. The molecule has 0 aliphatic carbocycles. The molecule has 0 saturated carbocycles. The number of hydrogen-bond acceptors (Lipinski definition) is 2. The monoisotopic (exact) mass is 343 g/mol. The minimum Gasteiger partial charge on any atom is -0.456 e. The fraction of sp³-hybridized carbons (Fsp3) is 0.143. The summed E-state index contributed by atoms with van der Waals surface area (Å²) in [6, 6.07) is 9.86. The molecule has 0 amide bonds. The van der Waals surface area contributed by atoms with Gasteiger partial charge in [-0.3, -0.25) is 0 Å². The summed E-state index contributed by atoms with van der Waals surface area (Å²) in [5, 5.41) is 3.53. The summed E-state index contributed by atoms with van der Waals surface area (Å²) in [6.45, 7) is 0.728. The molecule has 0 spiro atoms. The van der Waals surface area contributed by atoms with E-state index >= 15 is 0 Å². The normalized spacial score (nSPS) is 10.5. The highest BCUT2D eigenvalue weighted by Crippen LogP contribution is 2.31. The van der Waals surface area contributed by atoms with Gasteiger partial charge in [0.2, 0.25) is 0 Å². The van der Waals surface area contributed by atoms with Gasteiger partial charge < -0.3 is 10.1 Å². The molecule has 0 unspecified atom stereocenters. The maximum Gasteiger partial charge on any atom is 0.146 e. The first-order valence-corrected chi connectivity index (χ1v) is 6.82. The van der Waals surface area contributed by atoms with Crippen molar-refractivity contribution in [3.05, 3.63) is 57.3 Å². The van der Waals surface area contributed by atoms with Crippen molar-refractivity contribution in [2.75, 3.05) is 7.05 Å². The fourth-order valence-corrected chi connectivity index (χ4v) is 2.34. The topological polar surface area (TPSA) is 21.3 Å². The van der Waals surface area contributed by atoms with Crippen LogP contribution in [-0.4, -0.2) is 7.05 Å². The zero-order chi connectivity index (χ0) is 13.8. The van der Waals surface area contributed by atoms with E-state index in [1.54, 1.807) is 12.1 Å². The second-order valence-corrected chi connectivity index (χ2v) is 5.33. The van der Waals surface area contributed by atoms with Gasteiger partial charge >= 0.3 is 0 Å². The molecule has 0 fully saturated rings. The third-order valence-corrected chi connectivity index (χ3v) is 3.19. The zero-order valence-corrected chi connectivity index (χ0v) is 12.6. The largest absolute Gasteiger partial charge is 0.456 e. The van der Waals surface area contributed by atoms with Gasteiger partial charge in [-0.25, -0.2) is 4.39 Å². The van der Waals surface area contributed by atoms with E-state index in [0.29, 0.717) is 21.0 Å². The van der Waals surface area contributed by atoms with Gasteiger partial charge in [0.15, 0.2) is 0 Å². The summed E-state index contributed by atoms with van der Waals surface area (Å²) in [5.74, 6) is 0.529. The predicted molar refractivity (Wildman–Crippen MR) is 78.4 cm³/mol. The van der Waals surface area contributed by atoms with Crippen molar-refractivity contribution in [1.29, 1.82) is 0 Å². The molecule has 1 N–H and O–H groups in total. The molecule has 0 atom stereocenters. The third-order valence-electron chi connectivity index (χ3n) is 2.44. The minimum atomic E-state index is -0.368. The van der Waals surface area contributed by atoms with Crippen molar-refractivity contribution in [2.45, 2.75) is 6.54 Å². The Morgan fingerprint density at radius 2 is 2.05 bits per heavy atom. The van der Waals surface area contributed by atoms with Crippen molar-refractivity contribution in [3.8, 4) is 11.5 Å². The molecule has 2 nitrogen and oxygen atoms in total. The lowest BCUT2D eigenvalue weighted by Crippen LogP contribution is -2.04. The second-order valence-electron chi connectivity index (χ2n) is 4.00. The molecule has 0 heterocycles. The number of rotatable bonds is 4. The van der Waals surface area contributed by atoms with Crippen molar-refractivity contribution in [1.82, 2.24) is 5.32 Å². The van der Waals surface area contributed by atoms with E-state index in [0.717, 1.165) is 12.1 Å². The number of halogens is 3. The molecular formula is C14H12BrClFNO. The third kappa shape index (κ3) is 3.93. The van der Waals surface area contributed by atoms with Crippen LogP contribution in [-0.2, 0) is 6.54 Å². The molecule has 0 aromatic heterocycles. The number of ether oxygens (including phenoxy) is 1. The Labute approximate surface area is 124 Å². The molecule has 2 rings (SSSR count). The van der Waals surface area contributed by atoms with Gasteiger partial charge in [0.1, 0.15) is 17.3 Å². The molecule has 5 heteroatoms. The van der Waals surface area contributed by atoms with E-state index < -0.39 is 0 Å². The summed E-state index contributed by atoms with van der Waals surface area (Å²) in [4.78, 5) is 0. The maximum atomic E-state index is 13.2. The lowest BCUT2D eigenvalue weighted by Gasteiger charge is -2.09. The van der Waals surface area contributed by atoms with Crippen LogP contribution < -0.4 is 10.1 Å². The number of nitrogens with one attached hydrogen (secondary N) is 1. The Balaban J connectivity index is 2.23. The lowest BCUT2D eigenvalue weighted by atomic mass is 10.2. The highest BCUT2D eigenvalue weighted by molar-refractivity contribution is 9.10. The van der Waals surface area contributed by atoms with Gasteiger partial charge in [0.25, 0.3) is 0 Å². The van der Waals surface area contributed by atoms with Gasteiger partial charge in [-0.1, -0.05) is 33.6 Å². The zero-order valence-electron chi connectivity index (χ0n) is 10.2. The van der Waals surface area contributed by atoms with Crippen LogP contribution in [0.15, 0.2) is 40.9 Å². The maximum absolute atomic E-state index is 13.2. The van der Waals surface area contributed by atoms with Gasteiger partial charge in [0, 0.05) is 17.1 Å². The molecule has 19 heavy (non-hydrogen) atoms. The van der Waals surface area contributed by atoms with E-state index in [9.17, 15) is 4.39 Å². The van der Waals surface area contributed by atoms with Crippen molar-refractivity contribution in [2.24, 2.45) is 0 Å². The smallest absolute Gasteiger partial charge is 0.146 e. The van der Waals surface area contributed by atoms with Crippen LogP contribution >= 0.6 is 27.5 Å². The van der Waals surface area contributed by atoms with Gasteiger partial charge in [-0.15, -0.1) is 0 Å². The highest BCUT2D eigenvalue weighted by atomic mass is 79.9. The predicted octanol–water partition coefficient (Wildman–Crippen LogP) is 4.75. The van der Waals surface area contributed by atoms with Crippen LogP contribution in [0.2, 0.25) is 5.02 Å². The van der Waals surface area contributed by atoms with E-state index in [1.165, 1.54) is 12.1 Å². The van der Waals surface area contributed by atoms with Crippen LogP contribution in [0.4, 0.5) is 4.39 Å². The fourth-order valence-electron chi connectivity index (χ4n) is 1.66. The van der Waals surface area contributed by atoms with Crippen LogP contribution in [0.5, 0.6) is 11.5 Å². The van der Waals surface area contributed by atoms with E-state index in [1.807, 2.05) is 19.2 Å². The quantitative estimate of drug-likeness (QED) is 0.864. The Kier molecular flexibility index (Phi) is 4.80. The second kappa shape index (κ2) is 6.37. The van der Waals surface area contributed by atoms with E-state index in [2.05, 4.69) is 21.2 Å². The highest BCUT2D eigenvalue weighted by Gasteiger charge is 2.06. The molecule has 2 aromatic carbocycles. The Morgan fingerprint density at radius 3 is 2.68 bits per heavy atom. The number of benzene rings is 2. The average molecular weight is 345 g/mol. The molecule has 0 radical (unpaired) electrons. The van der Waals surface area contributed by atoms with E-state index in [4.69, 9.17) is 16.3 Å². The Hall–Kier alpha value is -1.10. The molecule has 0 bridgehead atoms. The number of hydrogen-bond donors (Lipinski definition) is 1. The molecule has 0 aliphatic heterocycles. The molecule has 2 aromatic rings. The standard InChI is InChI=1S/C14H12BrClFNO/c1-18-8-9-2-3-14(13(16)4-9)19-12-6-10(15)5-11(17)7-12/h2-7,18H,8H2,1H3. The van der Waals surface area contributed by atoms with E-state index in [-0.39, 0.29) is 5.82 Å². The van der Waals surface area contributed by atoms with Crippen LogP contribution in [0.1, 0.15) is 5.56 Å². The Morgan fingerprint density at radius 1 is 1.26 bits per heavy atom. The summed E-state index contributed by atoms with van der Waals surface area (Å²) in [7, 11) is 1.86. The van der Waals surface area contributed by atoms with Gasteiger partial charge in [0.05, 0.1) is 5.02 Å². The van der Waals surface area contributed by atoms with Gasteiger partial charge in [-0.2, -0.15) is 0 Å². The lowest BCUT2D eigenvalue weighted by molar-refractivity contribution is 0.476. The first-order chi connectivity index (χ1) is 9.08. The summed E-state index contributed by atoms with van der Waals surface area (Å²) in [5.41, 5.74) is 1.06. The Bertz CT molecular complexity index is 571. The van der Waals surface area contributed by atoms with Crippen molar-refractivity contribution < 1.29 is 9.13 Å². The summed E-state index contributed by atoms with van der Waals surface area (Å²) >= 11 is 9.35. The minimum absolute atomic E-state index is 0.368. The molecular weight excluding hydrogens is 333 g/mol. The molecule has 0 saturated heterocycles. The van der Waals surface area contributed by atoms with Crippen LogP contribution in [0.25, 0.3) is 0 Å². The molecule has 0 aliphatic rings. The average Bonchev–Trinajstić information content (AvgIpc) is 2.32. The molecule has 100 valence electrons. The van der Waals surface area contributed by atoms with Crippen LogP contribution in [0.3, 0.4) is 0 Å². The first kappa shape index (κ1) is 14.3. The van der Waals surface area contributed by atoms with Crippen LogP contribution in [0, 0.1) is 5.82 Å². The SMILES string of the molecule is CNCc1ccc(Oc2cc(F)cc(Br)c2)c(Cl)c1. The first-order valence-electron chi connectivity index (χ1n) is 5.65. The van der Waals surface area contributed by atoms with Gasteiger partial charge in [-0.05, 0) is 36.9 Å². The van der Waals surface area contributed by atoms with Crippen molar-refractivity contribution >= 4 is 27.5 Å². The summed E-state index contributed by atoms with van der Waals surface area (Å²) in [6.07, 6.45) is 0.